The molecule has 0 N–H and O–H groups in total. The summed E-state index contributed by atoms with van der Waals surface area (Å²) in [6.07, 6.45) is 6.34. The summed E-state index contributed by atoms with van der Waals surface area (Å²) in [5.41, 5.74) is 2.13. The van der Waals surface area contributed by atoms with Crippen LogP contribution < -0.4 is 0 Å². The van der Waals surface area contributed by atoms with Crippen molar-refractivity contribution in [2.75, 3.05) is 0 Å². The molecule has 0 saturated carbocycles. The molecular formula is C11H15NO. The van der Waals surface area contributed by atoms with Gasteiger partial charge in [0.1, 0.15) is 0 Å². The minimum atomic E-state index is 0.879. The van der Waals surface area contributed by atoms with E-state index in [1.807, 2.05) is 19.9 Å². The Hall–Kier alpha value is -1.31. The molecule has 2 aromatic rings. The van der Waals surface area contributed by atoms with Crippen LogP contribution in [0.3, 0.4) is 0 Å². The average Bonchev–Trinajstić information content (AvgIpc) is 2.64. The zero-order valence-corrected chi connectivity index (χ0v) is 8.37. The van der Waals surface area contributed by atoms with Crippen molar-refractivity contribution in [1.82, 2.24) is 4.98 Å². The Balaban J connectivity index is 0.000000396. The predicted molar refractivity (Wildman–Crippen MR) is 54.7 cm³/mol. The highest BCUT2D eigenvalue weighted by molar-refractivity contribution is 5.79. The fourth-order valence-electron chi connectivity index (χ4n) is 1.21. The number of furan rings is 1. The molecule has 0 atom stereocenters. The molecule has 0 amide bonds. The van der Waals surface area contributed by atoms with Gasteiger partial charge in [0, 0.05) is 11.6 Å². The Morgan fingerprint density at radius 3 is 2.85 bits per heavy atom. The standard InChI is InChI=1S/C9H9NO.C2H6/c1-2-7-6-11-9-5-10-4-3-8(7)9;1-2/h3-6H,2H2,1H3;1-2H3. The van der Waals surface area contributed by atoms with Crippen molar-refractivity contribution >= 4 is 11.0 Å². The average molecular weight is 177 g/mol. The molecule has 2 rings (SSSR count). The maximum atomic E-state index is 5.28. The fraction of sp³-hybridized carbons (Fsp3) is 0.364. The molecule has 2 aromatic heterocycles. The summed E-state index contributed by atoms with van der Waals surface area (Å²) in [6, 6.07) is 1.98. The molecule has 2 heterocycles. The third-order valence-electron chi connectivity index (χ3n) is 1.84. The van der Waals surface area contributed by atoms with Gasteiger partial charge in [-0.05, 0) is 18.1 Å². The topological polar surface area (TPSA) is 26.0 Å². The van der Waals surface area contributed by atoms with Crippen LogP contribution in [0, 0.1) is 0 Å². The van der Waals surface area contributed by atoms with E-state index in [4.69, 9.17) is 4.42 Å². The maximum Gasteiger partial charge on any atom is 0.152 e. The van der Waals surface area contributed by atoms with Crippen molar-refractivity contribution in [3.05, 3.63) is 30.3 Å². The molecule has 13 heavy (non-hydrogen) atoms. The van der Waals surface area contributed by atoms with Gasteiger partial charge in [0.2, 0.25) is 0 Å². The van der Waals surface area contributed by atoms with E-state index in [0.717, 1.165) is 12.0 Å². The summed E-state index contributed by atoms with van der Waals surface area (Å²) >= 11 is 0. The Kier molecular flexibility index (Phi) is 3.50. The highest BCUT2D eigenvalue weighted by Crippen LogP contribution is 2.19. The molecule has 0 aliphatic carbocycles. The van der Waals surface area contributed by atoms with Crippen LogP contribution in [0.5, 0.6) is 0 Å². The van der Waals surface area contributed by atoms with E-state index < -0.39 is 0 Å². The third kappa shape index (κ3) is 1.89. The van der Waals surface area contributed by atoms with Crippen LogP contribution in [0.25, 0.3) is 11.0 Å². The Bertz CT molecular complexity index is 365. The first-order valence-corrected chi connectivity index (χ1v) is 4.72. The zero-order valence-electron chi connectivity index (χ0n) is 8.37. The molecule has 70 valence electrons. The first kappa shape index (κ1) is 9.78. The number of nitrogens with zero attached hydrogens (tertiary/aromatic N) is 1. The van der Waals surface area contributed by atoms with E-state index in [0.29, 0.717) is 0 Å². The molecule has 0 aliphatic rings. The molecule has 0 fully saturated rings. The van der Waals surface area contributed by atoms with E-state index in [9.17, 15) is 0 Å². The van der Waals surface area contributed by atoms with Crippen molar-refractivity contribution in [3.8, 4) is 0 Å². The first-order valence-electron chi connectivity index (χ1n) is 4.72. The molecule has 0 spiro atoms. The highest BCUT2D eigenvalue weighted by atomic mass is 16.3. The minimum Gasteiger partial charge on any atom is -0.462 e. The van der Waals surface area contributed by atoms with Crippen LogP contribution in [0.4, 0.5) is 0 Å². The molecule has 0 aromatic carbocycles. The number of hydrogen-bond donors (Lipinski definition) is 0. The first-order chi connectivity index (χ1) is 6.42. The largest absolute Gasteiger partial charge is 0.462 e. The van der Waals surface area contributed by atoms with E-state index in [2.05, 4.69) is 11.9 Å². The number of rotatable bonds is 1. The van der Waals surface area contributed by atoms with E-state index in [1.54, 1.807) is 18.7 Å². The van der Waals surface area contributed by atoms with Gasteiger partial charge < -0.3 is 4.42 Å². The molecule has 2 heteroatoms. The molecule has 0 bridgehead atoms. The van der Waals surface area contributed by atoms with Crippen molar-refractivity contribution in [2.24, 2.45) is 0 Å². The van der Waals surface area contributed by atoms with E-state index in [-0.39, 0.29) is 0 Å². The van der Waals surface area contributed by atoms with Gasteiger partial charge >= 0.3 is 0 Å². The molecule has 0 unspecified atom stereocenters. The zero-order chi connectivity index (χ0) is 9.68. The van der Waals surface area contributed by atoms with Crippen molar-refractivity contribution in [1.29, 1.82) is 0 Å². The smallest absolute Gasteiger partial charge is 0.152 e. The fourth-order valence-corrected chi connectivity index (χ4v) is 1.21. The van der Waals surface area contributed by atoms with E-state index in [1.165, 1.54) is 10.9 Å². The van der Waals surface area contributed by atoms with Crippen LogP contribution in [0.15, 0.2) is 29.1 Å². The predicted octanol–water partition coefficient (Wildman–Crippen LogP) is 3.42. The lowest BCUT2D eigenvalue weighted by Gasteiger charge is -1.88. The van der Waals surface area contributed by atoms with Crippen molar-refractivity contribution in [3.63, 3.8) is 0 Å². The number of hydrogen-bond acceptors (Lipinski definition) is 2. The summed E-state index contributed by atoms with van der Waals surface area (Å²) in [7, 11) is 0. The lowest BCUT2D eigenvalue weighted by Crippen LogP contribution is -1.74. The van der Waals surface area contributed by atoms with Gasteiger partial charge in [-0.15, -0.1) is 0 Å². The van der Waals surface area contributed by atoms with Gasteiger partial charge in [-0.25, -0.2) is 0 Å². The van der Waals surface area contributed by atoms with Crippen LogP contribution in [0.2, 0.25) is 0 Å². The molecule has 0 saturated heterocycles. The normalized spacial score (nSPS) is 9.46. The SMILES string of the molecule is CC.CCc1coc2cnccc12. The number of pyridine rings is 1. The van der Waals surface area contributed by atoms with Crippen LogP contribution >= 0.6 is 0 Å². The van der Waals surface area contributed by atoms with Gasteiger partial charge in [0.05, 0.1) is 12.5 Å². The lowest BCUT2D eigenvalue weighted by atomic mass is 10.2. The van der Waals surface area contributed by atoms with Gasteiger partial charge in [-0.1, -0.05) is 20.8 Å². The summed E-state index contributed by atoms with van der Waals surface area (Å²) in [4.78, 5) is 3.97. The number of aryl methyl sites for hydroxylation is 1. The Morgan fingerprint density at radius 1 is 1.38 bits per heavy atom. The monoisotopic (exact) mass is 177 g/mol. The second kappa shape index (κ2) is 4.65. The summed E-state index contributed by atoms with van der Waals surface area (Å²) in [5, 5.41) is 1.18. The highest BCUT2D eigenvalue weighted by Gasteiger charge is 2.01. The lowest BCUT2D eigenvalue weighted by molar-refractivity contribution is 0.609. The quantitative estimate of drug-likeness (QED) is 0.667. The molecule has 2 nitrogen and oxygen atoms in total. The maximum absolute atomic E-state index is 5.28. The molecule has 0 radical (unpaired) electrons. The summed E-state index contributed by atoms with van der Waals surface area (Å²) in [6.45, 7) is 6.12. The van der Waals surface area contributed by atoms with Crippen molar-refractivity contribution < 1.29 is 4.42 Å². The second-order valence-electron chi connectivity index (χ2n) is 2.49. The minimum absolute atomic E-state index is 0.879. The van der Waals surface area contributed by atoms with Gasteiger partial charge in [0.15, 0.2) is 5.58 Å². The van der Waals surface area contributed by atoms with E-state index >= 15 is 0 Å². The Morgan fingerprint density at radius 2 is 2.15 bits per heavy atom. The van der Waals surface area contributed by atoms with Crippen LogP contribution in [0.1, 0.15) is 26.3 Å². The number of fused-ring (bicyclic) bond motifs is 1. The third-order valence-corrected chi connectivity index (χ3v) is 1.84. The number of aromatic nitrogens is 1. The van der Waals surface area contributed by atoms with Gasteiger partial charge in [0.25, 0.3) is 0 Å². The molecule has 0 aliphatic heterocycles. The van der Waals surface area contributed by atoms with Gasteiger partial charge in [-0.2, -0.15) is 0 Å². The van der Waals surface area contributed by atoms with Crippen molar-refractivity contribution in [2.45, 2.75) is 27.2 Å². The van der Waals surface area contributed by atoms with Gasteiger partial charge in [-0.3, -0.25) is 4.98 Å². The second-order valence-corrected chi connectivity index (χ2v) is 2.49. The van der Waals surface area contributed by atoms with Crippen LogP contribution in [-0.4, -0.2) is 4.98 Å². The van der Waals surface area contributed by atoms with Crippen LogP contribution in [-0.2, 0) is 6.42 Å². The summed E-state index contributed by atoms with van der Waals surface area (Å²) < 4.78 is 5.28. The molecular weight excluding hydrogens is 162 g/mol. The summed E-state index contributed by atoms with van der Waals surface area (Å²) in [5.74, 6) is 0. The Labute approximate surface area is 78.6 Å².